The van der Waals surface area contributed by atoms with Crippen molar-refractivity contribution in [1.82, 2.24) is 9.97 Å². The first kappa shape index (κ1) is 17.1. The van der Waals surface area contributed by atoms with Crippen LogP contribution in [0, 0.1) is 10.1 Å². The second kappa shape index (κ2) is 8.23. The Morgan fingerprint density at radius 1 is 1.21 bits per heavy atom. The maximum Gasteiger partial charge on any atom is 0.287 e. The maximum absolute atomic E-state index is 10.4. The Morgan fingerprint density at radius 3 is 2.53 bits per heavy atom. The third-order valence-electron chi connectivity index (χ3n) is 2.16. The molecule has 0 aromatic carbocycles. The summed E-state index contributed by atoms with van der Waals surface area (Å²) in [6.07, 6.45) is 4.68. The molecule has 0 bridgehead atoms. The fraction of sp³-hybridized carbons (Fsp3) is 0.0909. The van der Waals surface area contributed by atoms with E-state index < -0.39 is 4.92 Å². The standard InChI is InChI=1S/C11H10N4O2.2ClH/c16-15(17)10-3-4-11(14-8-10)13-7-9-2-1-5-12-6-9;;/h1-6,8H,7H2,(H,13,14);2*1H. The zero-order valence-electron chi connectivity index (χ0n) is 9.72. The highest BCUT2D eigenvalue weighted by molar-refractivity contribution is 5.85. The summed E-state index contributed by atoms with van der Waals surface area (Å²) in [5, 5.41) is 13.5. The van der Waals surface area contributed by atoms with E-state index in [-0.39, 0.29) is 30.5 Å². The van der Waals surface area contributed by atoms with E-state index in [0.29, 0.717) is 12.4 Å². The van der Waals surface area contributed by atoms with Crippen molar-refractivity contribution in [1.29, 1.82) is 0 Å². The van der Waals surface area contributed by atoms with Crippen molar-refractivity contribution in [2.75, 3.05) is 5.32 Å². The van der Waals surface area contributed by atoms with Gasteiger partial charge in [0.25, 0.3) is 5.69 Å². The monoisotopic (exact) mass is 302 g/mol. The molecule has 1 N–H and O–H groups in total. The van der Waals surface area contributed by atoms with Crippen LogP contribution >= 0.6 is 24.8 Å². The molecule has 0 radical (unpaired) electrons. The van der Waals surface area contributed by atoms with Gasteiger partial charge in [-0.05, 0) is 17.7 Å². The lowest BCUT2D eigenvalue weighted by Gasteiger charge is -2.04. The lowest BCUT2D eigenvalue weighted by atomic mass is 10.3. The molecule has 2 aromatic heterocycles. The molecular formula is C11H12Cl2N4O2. The summed E-state index contributed by atoms with van der Waals surface area (Å²) in [5.41, 5.74) is 1.00. The van der Waals surface area contributed by atoms with Crippen molar-refractivity contribution >= 4 is 36.3 Å². The molecule has 0 spiro atoms. The first-order valence-corrected chi connectivity index (χ1v) is 4.99. The fourth-order valence-corrected chi connectivity index (χ4v) is 1.29. The van der Waals surface area contributed by atoms with Crippen molar-refractivity contribution in [2.24, 2.45) is 0 Å². The van der Waals surface area contributed by atoms with Gasteiger partial charge in [-0.15, -0.1) is 24.8 Å². The maximum atomic E-state index is 10.4. The van der Waals surface area contributed by atoms with E-state index in [4.69, 9.17) is 0 Å². The molecule has 0 aliphatic rings. The van der Waals surface area contributed by atoms with Crippen LogP contribution in [0.4, 0.5) is 11.5 Å². The van der Waals surface area contributed by atoms with Gasteiger partial charge in [0, 0.05) is 25.0 Å². The molecule has 0 aliphatic carbocycles. The van der Waals surface area contributed by atoms with Gasteiger partial charge in [0.2, 0.25) is 0 Å². The molecule has 6 nitrogen and oxygen atoms in total. The van der Waals surface area contributed by atoms with Gasteiger partial charge >= 0.3 is 0 Å². The van der Waals surface area contributed by atoms with Gasteiger partial charge in [-0.3, -0.25) is 15.1 Å². The first-order chi connectivity index (χ1) is 8.25. The van der Waals surface area contributed by atoms with Crippen LogP contribution < -0.4 is 5.32 Å². The molecule has 19 heavy (non-hydrogen) atoms. The number of hydrogen-bond donors (Lipinski definition) is 1. The minimum atomic E-state index is -0.474. The number of nitro groups is 1. The van der Waals surface area contributed by atoms with Crippen LogP contribution in [0.2, 0.25) is 0 Å². The van der Waals surface area contributed by atoms with Gasteiger partial charge < -0.3 is 5.32 Å². The van der Waals surface area contributed by atoms with E-state index in [9.17, 15) is 10.1 Å². The van der Waals surface area contributed by atoms with Gasteiger partial charge in [-0.2, -0.15) is 0 Å². The molecular weight excluding hydrogens is 291 g/mol. The van der Waals surface area contributed by atoms with E-state index >= 15 is 0 Å². The normalized spacial score (nSPS) is 8.84. The Hall–Kier alpha value is -1.92. The van der Waals surface area contributed by atoms with Gasteiger partial charge in [0.1, 0.15) is 12.0 Å². The molecule has 102 valence electrons. The molecule has 8 heteroatoms. The molecule has 0 atom stereocenters. The molecule has 2 aromatic rings. The van der Waals surface area contributed by atoms with Crippen LogP contribution in [0.25, 0.3) is 0 Å². The Labute approximate surface area is 122 Å². The SMILES string of the molecule is Cl.Cl.O=[N+]([O-])c1ccc(NCc2cccnc2)nc1. The number of nitrogens with one attached hydrogen (secondary N) is 1. The summed E-state index contributed by atoms with van der Waals surface area (Å²) >= 11 is 0. The van der Waals surface area contributed by atoms with Gasteiger partial charge in [0.15, 0.2) is 0 Å². The largest absolute Gasteiger partial charge is 0.366 e. The van der Waals surface area contributed by atoms with Gasteiger partial charge in [0.05, 0.1) is 4.92 Å². The topological polar surface area (TPSA) is 81.0 Å². The van der Waals surface area contributed by atoms with Gasteiger partial charge in [-0.25, -0.2) is 4.98 Å². The third kappa shape index (κ3) is 5.07. The molecule has 0 unspecified atom stereocenters. The highest BCUT2D eigenvalue weighted by Crippen LogP contribution is 2.12. The minimum absolute atomic E-state index is 0. The van der Waals surface area contributed by atoms with Crippen molar-refractivity contribution in [3.63, 3.8) is 0 Å². The summed E-state index contributed by atoms with van der Waals surface area (Å²) in [5.74, 6) is 0.597. The van der Waals surface area contributed by atoms with E-state index in [1.54, 1.807) is 18.5 Å². The average molecular weight is 303 g/mol. The zero-order chi connectivity index (χ0) is 12.1. The second-order valence-corrected chi connectivity index (χ2v) is 3.37. The molecule has 2 heterocycles. The van der Waals surface area contributed by atoms with E-state index in [0.717, 1.165) is 5.56 Å². The predicted octanol–water partition coefficient (Wildman–Crippen LogP) is 2.84. The van der Waals surface area contributed by atoms with E-state index in [1.165, 1.54) is 12.3 Å². The molecule has 2 rings (SSSR count). The lowest BCUT2D eigenvalue weighted by Crippen LogP contribution is -2.01. The lowest BCUT2D eigenvalue weighted by molar-refractivity contribution is -0.385. The highest BCUT2D eigenvalue weighted by atomic mass is 35.5. The summed E-state index contributed by atoms with van der Waals surface area (Å²) < 4.78 is 0. The Balaban J connectivity index is 0.00000162. The number of hydrogen-bond acceptors (Lipinski definition) is 5. The Kier molecular flexibility index (Phi) is 7.40. The summed E-state index contributed by atoms with van der Waals surface area (Å²) in [7, 11) is 0. The molecule has 0 amide bonds. The third-order valence-corrected chi connectivity index (χ3v) is 2.16. The van der Waals surface area contributed by atoms with E-state index in [2.05, 4.69) is 15.3 Å². The fourth-order valence-electron chi connectivity index (χ4n) is 1.29. The van der Waals surface area contributed by atoms with Gasteiger partial charge in [-0.1, -0.05) is 6.07 Å². The Bertz CT molecular complexity index is 508. The van der Waals surface area contributed by atoms with Crippen molar-refractivity contribution in [3.05, 3.63) is 58.5 Å². The Morgan fingerprint density at radius 2 is 2.00 bits per heavy atom. The summed E-state index contributed by atoms with van der Waals surface area (Å²) in [6, 6.07) is 6.78. The summed E-state index contributed by atoms with van der Waals surface area (Å²) in [6.45, 7) is 0.582. The van der Waals surface area contributed by atoms with Crippen LogP contribution in [-0.2, 0) is 6.54 Å². The highest BCUT2D eigenvalue weighted by Gasteiger charge is 2.04. The number of halogens is 2. The van der Waals surface area contributed by atoms with Crippen LogP contribution in [0.3, 0.4) is 0 Å². The van der Waals surface area contributed by atoms with Crippen molar-refractivity contribution < 1.29 is 4.92 Å². The van der Waals surface area contributed by atoms with Crippen molar-refractivity contribution in [2.45, 2.75) is 6.54 Å². The second-order valence-electron chi connectivity index (χ2n) is 3.37. The molecule has 0 aliphatic heterocycles. The summed E-state index contributed by atoms with van der Waals surface area (Å²) in [4.78, 5) is 17.9. The van der Waals surface area contributed by atoms with E-state index in [1.807, 2.05) is 12.1 Å². The molecule has 0 fully saturated rings. The van der Waals surface area contributed by atoms with Crippen LogP contribution in [0.1, 0.15) is 5.56 Å². The smallest absolute Gasteiger partial charge is 0.287 e. The predicted molar refractivity (Wildman–Crippen MR) is 77.0 cm³/mol. The number of rotatable bonds is 4. The first-order valence-electron chi connectivity index (χ1n) is 4.99. The van der Waals surface area contributed by atoms with Crippen LogP contribution in [0.15, 0.2) is 42.9 Å². The average Bonchev–Trinajstić information content (AvgIpc) is 2.38. The molecule has 0 saturated carbocycles. The zero-order valence-corrected chi connectivity index (χ0v) is 11.4. The quantitative estimate of drug-likeness (QED) is 0.694. The molecule has 0 saturated heterocycles. The number of nitrogens with zero attached hydrogens (tertiary/aromatic N) is 3. The number of anilines is 1. The minimum Gasteiger partial charge on any atom is -0.366 e. The number of aromatic nitrogens is 2. The van der Waals surface area contributed by atoms with Crippen LogP contribution in [0.5, 0.6) is 0 Å². The van der Waals surface area contributed by atoms with Crippen LogP contribution in [-0.4, -0.2) is 14.9 Å². The number of pyridine rings is 2. The van der Waals surface area contributed by atoms with Crippen molar-refractivity contribution in [3.8, 4) is 0 Å².